The largest absolute Gasteiger partial charge is 0.393 e. The Morgan fingerprint density at radius 1 is 1.42 bits per heavy atom. The van der Waals surface area contributed by atoms with Crippen molar-refractivity contribution in [1.29, 1.82) is 0 Å². The van der Waals surface area contributed by atoms with Gasteiger partial charge in [-0.15, -0.1) is 0 Å². The summed E-state index contributed by atoms with van der Waals surface area (Å²) in [6, 6.07) is 0. The van der Waals surface area contributed by atoms with Crippen molar-refractivity contribution in [1.82, 2.24) is 0 Å². The summed E-state index contributed by atoms with van der Waals surface area (Å²) < 4.78 is 10.9. The quantitative estimate of drug-likeness (QED) is 0.685. The van der Waals surface area contributed by atoms with Crippen LogP contribution in [0.1, 0.15) is 33.6 Å². The molecule has 0 spiro atoms. The molecule has 1 rings (SSSR count). The van der Waals surface area contributed by atoms with E-state index in [2.05, 4.69) is 0 Å². The van der Waals surface area contributed by atoms with E-state index >= 15 is 0 Å². The highest BCUT2D eigenvalue weighted by molar-refractivity contribution is 4.70. The lowest BCUT2D eigenvalue weighted by Crippen LogP contribution is -2.36. The van der Waals surface area contributed by atoms with Crippen molar-refractivity contribution in [2.75, 3.05) is 0 Å². The Labute approximate surface area is 73.7 Å². The molecule has 1 heterocycles. The van der Waals surface area contributed by atoms with Crippen LogP contribution < -0.4 is 0 Å². The van der Waals surface area contributed by atoms with Crippen molar-refractivity contribution < 1.29 is 14.6 Å². The smallest absolute Gasteiger partial charge is 0.160 e. The molecule has 2 unspecified atom stereocenters. The van der Waals surface area contributed by atoms with Gasteiger partial charge in [0.15, 0.2) is 6.29 Å². The fourth-order valence-corrected chi connectivity index (χ4v) is 1.46. The molecule has 1 saturated heterocycles. The SMILES string of the molecule is CC(C)OC1C[C@H](O)CC(C)O1. The molecule has 72 valence electrons. The number of hydrogen-bond acceptors (Lipinski definition) is 3. The summed E-state index contributed by atoms with van der Waals surface area (Å²) in [5.74, 6) is 0. The molecule has 0 saturated carbocycles. The minimum Gasteiger partial charge on any atom is -0.393 e. The van der Waals surface area contributed by atoms with Gasteiger partial charge in [-0.2, -0.15) is 0 Å². The van der Waals surface area contributed by atoms with Crippen LogP contribution in [0, 0.1) is 0 Å². The number of rotatable bonds is 2. The maximum Gasteiger partial charge on any atom is 0.160 e. The van der Waals surface area contributed by atoms with Gasteiger partial charge in [-0.25, -0.2) is 0 Å². The molecular formula is C9H18O3. The van der Waals surface area contributed by atoms with Crippen molar-refractivity contribution in [2.45, 2.75) is 58.2 Å². The Morgan fingerprint density at radius 3 is 2.58 bits per heavy atom. The lowest BCUT2D eigenvalue weighted by molar-refractivity contribution is -0.224. The fourth-order valence-electron chi connectivity index (χ4n) is 1.46. The molecule has 1 aliphatic rings. The molecule has 12 heavy (non-hydrogen) atoms. The Morgan fingerprint density at radius 2 is 2.08 bits per heavy atom. The van der Waals surface area contributed by atoms with E-state index in [1.54, 1.807) is 0 Å². The Bertz CT molecular complexity index is 123. The standard InChI is InChI=1S/C9H18O3/c1-6(2)11-9-5-8(10)4-7(3)12-9/h6-10H,4-5H2,1-3H3/t7?,8-,9?/m1/s1. The third-order valence-corrected chi connectivity index (χ3v) is 1.88. The third kappa shape index (κ3) is 3.09. The molecule has 3 nitrogen and oxygen atoms in total. The van der Waals surface area contributed by atoms with Gasteiger partial charge in [-0.1, -0.05) is 0 Å². The van der Waals surface area contributed by atoms with Gasteiger partial charge in [0.2, 0.25) is 0 Å². The molecule has 3 heteroatoms. The first-order valence-corrected chi connectivity index (χ1v) is 4.57. The highest BCUT2D eigenvalue weighted by Gasteiger charge is 2.26. The summed E-state index contributed by atoms with van der Waals surface area (Å²) in [5, 5.41) is 9.40. The van der Waals surface area contributed by atoms with Gasteiger partial charge >= 0.3 is 0 Å². The van der Waals surface area contributed by atoms with Crippen molar-refractivity contribution in [3.05, 3.63) is 0 Å². The summed E-state index contributed by atoms with van der Waals surface area (Å²) >= 11 is 0. The first-order valence-electron chi connectivity index (χ1n) is 4.57. The van der Waals surface area contributed by atoms with Gasteiger partial charge in [-0.3, -0.25) is 0 Å². The predicted molar refractivity (Wildman–Crippen MR) is 45.8 cm³/mol. The van der Waals surface area contributed by atoms with Crippen LogP contribution >= 0.6 is 0 Å². The van der Waals surface area contributed by atoms with Gasteiger partial charge in [0.1, 0.15) is 0 Å². The first-order chi connectivity index (χ1) is 5.58. The summed E-state index contributed by atoms with van der Waals surface area (Å²) in [7, 11) is 0. The normalized spacial score (nSPS) is 37.2. The van der Waals surface area contributed by atoms with Gasteiger partial charge in [0, 0.05) is 6.42 Å². The van der Waals surface area contributed by atoms with E-state index in [1.807, 2.05) is 20.8 Å². The van der Waals surface area contributed by atoms with Crippen LogP contribution in [0.15, 0.2) is 0 Å². The van der Waals surface area contributed by atoms with Crippen molar-refractivity contribution in [2.24, 2.45) is 0 Å². The Hall–Kier alpha value is -0.120. The van der Waals surface area contributed by atoms with Crippen molar-refractivity contribution in [3.63, 3.8) is 0 Å². The summed E-state index contributed by atoms with van der Waals surface area (Å²) in [5.41, 5.74) is 0. The second kappa shape index (κ2) is 4.21. The minimum atomic E-state index is -0.266. The fraction of sp³-hybridized carbons (Fsp3) is 1.00. The molecule has 3 atom stereocenters. The van der Waals surface area contributed by atoms with Crippen LogP contribution in [0.5, 0.6) is 0 Å². The Kier molecular flexibility index (Phi) is 3.50. The molecule has 0 radical (unpaired) electrons. The molecule has 0 aromatic carbocycles. The van der Waals surface area contributed by atoms with E-state index in [1.165, 1.54) is 0 Å². The second-order valence-electron chi connectivity index (χ2n) is 3.69. The van der Waals surface area contributed by atoms with Crippen molar-refractivity contribution in [3.8, 4) is 0 Å². The average Bonchev–Trinajstić information content (AvgIpc) is 1.81. The number of aliphatic hydroxyl groups is 1. The average molecular weight is 174 g/mol. The lowest BCUT2D eigenvalue weighted by atomic mass is 10.1. The highest BCUT2D eigenvalue weighted by Crippen LogP contribution is 2.20. The zero-order valence-electron chi connectivity index (χ0n) is 7.99. The van der Waals surface area contributed by atoms with Gasteiger partial charge < -0.3 is 14.6 Å². The maximum atomic E-state index is 9.40. The topological polar surface area (TPSA) is 38.7 Å². The predicted octanol–water partition coefficient (Wildman–Crippen LogP) is 1.30. The summed E-state index contributed by atoms with van der Waals surface area (Å²) in [6.07, 6.45) is 1.10. The van der Waals surface area contributed by atoms with Crippen LogP contribution in [-0.2, 0) is 9.47 Å². The molecule has 1 fully saturated rings. The van der Waals surface area contributed by atoms with Gasteiger partial charge in [0.25, 0.3) is 0 Å². The number of ether oxygens (including phenoxy) is 2. The van der Waals surface area contributed by atoms with E-state index in [-0.39, 0.29) is 24.6 Å². The number of aliphatic hydroxyl groups excluding tert-OH is 1. The van der Waals surface area contributed by atoms with Gasteiger partial charge in [0.05, 0.1) is 18.3 Å². The minimum absolute atomic E-state index is 0.109. The van der Waals surface area contributed by atoms with Crippen LogP contribution in [0.4, 0.5) is 0 Å². The third-order valence-electron chi connectivity index (χ3n) is 1.88. The van der Waals surface area contributed by atoms with Crippen LogP contribution in [0.2, 0.25) is 0 Å². The lowest BCUT2D eigenvalue weighted by Gasteiger charge is -2.32. The van der Waals surface area contributed by atoms with E-state index in [4.69, 9.17) is 9.47 Å². The number of hydrogen-bond donors (Lipinski definition) is 1. The monoisotopic (exact) mass is 174 g/mol. The first kappa shape index (κ1) is 9.96. The molecule has 0 amide bonds. The Balaban J connectivity index is 2.34. The molecule has 0 bridgehead atoms. The maximum absolute atomic E-state index is 9.40. The highest BCUT2D eigenvalue weighted by atomic mass is 16.7. The van der Waals surface area contributed by atoms with Crippen LogP contribution in [-0.4, -0.2) is 29.7 Å². The zero-order chi connectivity index (χ0) is 9.14. The van der Waals surface area contributed by atoms with Crippen molar-refractivity contribution >= 4 is 0 Å². The van der Waals surface area contributed by atoms with E-state index < -0.39 is 0 Å². The molecule has 1 aliphatic heterocycles. The summed E-state index contributed by atoms with van der Waals surface area (Å²) in [4.78, 5) is 0. The molecule has 1 N–H and O–H groups in total. The molecule has 0 aromatic heterocycles. The van der Waals surface area contributed by atoms with E-state index in [0.29, 0.717) is 6.42 Å². The molecule has 0 aromatic rings. The van der Waals surface area contributed by atoms with Crippen LogP contribution in [0.25, 0.3) is 0 Å². The van der Waals surface area contributed by atoms with E-state index in [9.17, 15) is 5.11 Å². The van der Waals surface area contributed by atoms with Gasteiger partial charge in [-0.05, 0) is 27.2 Å². The second-order valence-corrected chi connectivity index (χ2v) is 3.69. The molecular weight excluding hydrogens is 156 g/mol. The summed E-state index contributed by atoms with van der Waals surface area (Å²) in [6.45, 7) is 5.89. The zero-order valence-corrected chi connectivity index (χ0v) is 7.99. The van der Waals surface area contributed by atoms with Crippen LogP contribution in [0.3, 0.4) is 0 Å². The van der Waals surface area contributed by atoms with E-state index in [0.717, 1.165) is 6.42 Å². The molecule has 0 aliphatic carbocycles.